The predicted octanol–water partition coefficient (Wildman–Crippen LogP) is 1.20. The highest BCUT2D eigenvalue weighted by molar-refractivity contribution is 7.91. The van der Waals surface area contributed by atoms with E-state index in [2.05, 4.69) is 19.2 Å². The van der Waals surface area contributed by atoms with Gasteiger partial charge in [0.2, 0.25) is 0 Å². The zero-order chi connectivity index (χ0) is 13.7. The van der Waals surface area contributed by atoms with Gasteiger partial charge >= 0.3 is 0 Å². The number of aliphatic hydroxyl groups is 1. The Morgan fingerprint density at radius 2 is 1.82 bits per heavy atom. The van der Waals surface area contributed by atoms with E-state index in [0.29, 0.717) is 13.0 Å². The van der Waals surface area contributed by atoms with E-state index in [4.69, 9.17) is 0 Å². The molecule has 0 saturated heterocycles. The Kier molecular flexibility index (Phi) is 6.66. The fourth-order valence-corrected chi connectivity index (χ4v) is 3.00. The van der Waals surface area contributed by atoms with Crippen LogP contribution in [0.25, 0.3) is 0 Å². The maximum Gasteiger partial charge on any atom is 0.151 e. The first kappa shape index (κ1) is 16.9. The summed E-state index contributed by atoms with van der Waals surface area (Å²) >= 11 is 0. The summed E-state index contributed by atoms with van der Waals surface area (Å²) in [5.74, 6) is 0.365. The molecule has 0 saturated carbocycles. The van der Waals surface area contributed by atoms with Gasteiger partial charge in [0.1, 0.15) is 0 Å². The molecular formula is C12H27NO3S. The standard InChI is InChI=1S/C12H27NO3S/c1-6-17(15,16)8-10(2)13-9-12(4,5)7-11(3)14/h10-11,13-14H,6-9H2,1-5H3. The minimum absolute atomic E-state index is 0.0294. The number of hydrogen-bond acceptors (Lipinski definition) is 4. The molecule has 0 aromatic heterocycles. The van der Waals surface area contributed by atoms with Crippen molar-refractivity contribution in [3.05, 3.63) is 0 Å². The molecule has 2 unspecified atom stereocenters. The monoisotopic (exact) mass is 265 g/mol. The summed E-state index contributed by atoms with van der Waals surface area (Å²) in [4.78, 5) is 0. The Morgan fingerprint density at radius 3 is 2.24 bits per heavy atom. The molecule has 0 heterocycles. The molecule has 0 bridgehead atoms. The number of hydrogen-bond donors (Lipinski definition) is 2. The van der Waals surface area contributed by atoms with Crippen molar-refractivity contribution in [2.45, 2.75) is 53.2 Å². The summed E-state index contributed by atoms with van der Waals surface area (Å²) in [5.41, 5.74) is -0.0294. The van der Waals surface area contributed by atoms with Gasteiger partial charge in [0, 0.05) is 18.3 Å². The first-order valence-electron chi connectivity index (χ1n) is 6.20. The third kappa shape index (κ3) is 8.57. The summed E-state index contributed by atoms with van der Waals surface area (Å²) in [6, 6.07) is -0.0479. The van der Waals surface area contributed by atoms with Crippen molar-refractivity contribution in [1.29, 1.82) is 0 Å². The third-order valence-corrected chi connectivity index (χ3v) is 4.61. The number of nitrogens with one attached hydrogen (secondary N) is 1. The Labute approximate surface area is 106 Å². The molecule has 0 amide bonds. The van der Waals surface area contributed by atoms with Crippen molar-refractivity contribution in [2.75, 3.05) is 18.1 Å². The van der Waals surface area contributed by atoms with Gasteiger partial charge < -0.3 is 10.4 Å². The van der Waals surface area contributed by atoms with Gasteiger partial charge in [0.15, 0.2) is 9.84 Å². The van der Waals surface area contributed by atoms with Gasteiger partial charge in [0.05, 0.1) is 11.9 Å². The fourth-order valence-electron chi connectivity index (χ4n) is 1.88. The summed E-state index contributed by atoms with van der Waals surface area (Å²) in [6.07, 6.45) is 0.370. The van der Waals surface area contributed by atoms with E-state index in [1.807, 2.05) is 6.92 Å². The van der Waals surface area contributed by atoms with Crippen molar-refractivity contribution < 1.29 is 13.5 Å². The molecule has 0 aromatic rings. The molecule has 17 heavy (non-hydrogen) atoms. The van der Waals surface area contributed by atoms with Crippen LogP contribution in [0.5, 0.6) is 0 Å². The van der Waals surface area contributed by atoms with E-state index >= 15 is 0 Å². The Bertz CT molecular complexity index is 310. The van der Waals surface area contributed by atoms with Crippen molar-refractivity contribution >= 4 is 9.84 Å². The fraction of sp³-hybridized carbons (Fsp3) is 1.00. The molecule has 0 aliphatic carbocycles. The average Bonchev–Trinajstić information content (AvgIpc) is 2.12. The minimum atomic E-state index is -2.92. The summed E-state index contributed by atoms with van der Waals surface area (Å²) in [6.45, 7) is 10.2. The van der Waals surface area contributed by atoms with E-state index in [9.17, 15) is 13.5 Å². The second-order valence-electron chi connectivity index (χ2n) is 5.70. The van der Waals surface area contributed by atoms with Gasteiger partial charge in [-0.25, -0.2) is 8.42 Å². The summed E-state index contributed by atoms with van der Waals surface area (Å²) in [5, 5.41) is 12.6. The highest BCUT2D eigenvalue weighted by Crippen LogP contribution is 2.21. The highest BCUT2D eigenvalue weighted by Gasteiger charge is 2.22. The molecule has 0 radical (unpaired) electrons. The lowest BCUT2D eigenvalue weighted by atomic mass is 9.87. The molecule has 0 aromatic carbocycles. The van der Waals surface area contributed by atoms with Crippen molar-refractivity contribution in [2.24, 2.45) is 5.41 Å². The quantitative estimate of drug-likeness (QED) is 0.692. The van der Waals surface area contributed by atoms with Crippen LogP contribution < -0.4 is 5.32 Å². The molecule has 0 rings (SSSR count). The van der Waals surface area contributed by atoms with Crippen LogP contribution in [0.4, 0.5) is 0 Å². The third-order valence-electron chi connectivity index (χ3n) is 2.72. The summed E-state index contributed by atoms with van der Waals surface area (Å²) in [7, 11) is -2.92. The molecular weight excluding hydrogens is 238 g/mol. The molecule has 0 aliphatic heterocycles. The number of sulfone groups is 1. The van der Waals surface area contributed by atoms with Crippen LogP contribution in [0.15, 0.2) is 0 Å². The van der Waals surface area contributed by atoms with Gasteiger partial charge in [-0.3, -0.25) is 0 Å². The number of aliphatic hydroxyl groups excluding tert-OH is 1. The van der Waals surface area contributed by atoms with Gasteiger partial charge in [-0.2, -0.15) is 0 Å². The van der Waals surface area contributed by atoms with E-state index in [-0.39, 0.29) is 29.1 Å². The molecule has 0 aliphatic rings. The van der Waals surface area contributed by atoms with E-state index < -0.39 is 9.84 Å². The topological polar surface area (TPSA) is 66.4 Å². The van der Waals surface area contributed by atoms with E-state index in [0.717, 1.165) is 0 Å². The van der Waals surface area contributed by atoms with Crippen molar-refractivity contribution in [1.82, 2.24) is 5.32 Å². The van der Waals surface area contributed by atoms with Gasteiger partial charge in [-0.1, -0.05) is 20.8 Å². The molecule has 0 spiro atoms. The lowest BCUT2D eigenvalue weighted by Crippen LogP contribution is -2.40. The van der Waals surface area contributed by atoms with E-state index in [1.165, 1.54) is 0 Å². The van der Waals surface area contributed by atoms with Crippen LogP contribution in [0.2, 0.25) is 0 Å². The Morgan fingerprint density at radius 1 is 1.29 bits per heavy atom. The van der Waals surface area contributed by atoms with Gasteiger partial charge in [-0.15, -0.1) is 0 Å². The zero-order valence-electron chi connectivity index (χ0n) is 11.7. The Balaban J connectivity index is 4.11. The molecule has 104 valence electrons. The SMILES string of the molecule is CCS(=O)(=O)CC(C)NCC(C)(C)CC(C)O. The molecule has 5 heteroatoms. The first-order valence-corrected chi connectivity index (χ1v) is 8.02. The van der Waals surface area contributed by atoms with Crippen LogP contribution in [-0.4, -0.2) is 43.7 Å². The number of rotatable bonds is 8. The maximum absolute atomic E-state index is 11.4. The second-order valence-corrected chi connectivity index (χ2v) is 8.10. The first-order chi connectivity index (χ1) is 7.58. The molecule has 2 N–H and O–H groups in total. The van der Waals surface area contributed by atoms with Crippen LogP contribution in [0.3, 0.4) is 0 Å². The molecule has 0 fully saturated rings. The van der Waals surface area contributed by atoms with Crippen LogP contribution in [0, 0.1) is 5.41 Å². The van der Waals surface area contributed by atoms with Crippen molar-refractivity contribution in [3.8, 4) is 0 Å². The van der Waals surface area contributed by atoms with Gasteiger partial charge in [-0.05, 0) is 25.7 Å². The van der Waals surface area contributed by atoms with Crippen LogP contribution in [0.1, 0.15) is 41.0 Å². The van der Waals surface area contributed by atoms with Crippen LogP contribution in [-0.2, 0) is 9.84 Å². The van der Waals surface area contributed by atoms with Crippen LogP contribution >= 0.6 is 0 Å². The van der Waals surface area contributed by atoms with E-state index in [1.54, 1.807) is 13.8 Å². The smallest absolute Gasteiger partial charge is 0.151 e. The van der Waals surface area contributed by atoms with Gasteiger partial charge in [0.25, 0.3) is 0 Å². The normalized spacial score (nSPS) is 16.8. The second kappa shape index (κ2) is 6.71. The Hall–Kier alpha value is -0.130. The zero-order valence-corrected chi connectivity index (χ0v) is 12.5. The predicted molar refractivity (Wildman–Crippen MR) is 71.9 cm³/mol. The molecule has 2 atom stereocenters. The lowest BCUT2D eigenvalue weighted by Gasteiger charge is -2.28. The maximum atomic E-state index is 11.4. The summed E-state index contributed by atoms with van der Waals surface area (Å²) < 4.78 is 22.9. The average molecular weight is 265 g/mol. The minimum Gasteiger partial charge on any atom is -0.393 e. The van der Waals surface area contributed by atoms with Crippen molar-refractivity contribution in [3.63, 3.8) is 0 Å². The largest absolute Gasteiger partial charge is 0.393 e. The highest BCUT2D eigenvalue weighted by atomic mass is 32.2. The molecule has 4 nitrogen and oxygen atoms in total. The lowest BCUT2D eigenvalue weighted by molar-refractivity contribution is 0.127.